The minimum absolute atomic E-state index is 0.318. The molecule has 0 saturated carbocycles. The highest BCUT2D eigenvalue weighted by Crippen LogP contribution is 1.92. The predicted octanol–water partition coefficient (Wildman–Crippen LogP) is -0.298. The summed E-state index contributed by atoms with van der Waals surface area (Å²) in [4.78, 5) is 0. The molecule has 0 bridgehead atoms. The maximum atomic E-state index is 9.31. The molecule has 0 amide bonds. The second kappa shape index (κ2) is 17.2. The predicted molar refractivity (Wildman–Crippen MR) is 123 cm³/mol. The van der Waals surface area contributed by atoms with E-state index in [0.29, 0.717) is 22.3 Å². The molecule has 4 heteroatoms. The van der Waals surface area contributed by atoms with Gasteiger partial charge in [0.15, 0.2) is 0 Å². The molecule has 152 valence electrons. The summed E-state index contributed by atoms with van der Waals surface area (Å²) >= 11 is 0. The average molecular weight is 416 g/mol. The van der Waals surface area contributed by atoms with Gasteiger partial charge in [-0.25, -0.2) is 0 Å². The van der Waals surface area contributed by atoms with E-state index >= 15 is 0 Å². The lowest BCUT2D eigenvalue weighted by Gasteiger charge is -1.87. The van der Waals surface area contributed by atoms with E-state index in [1.165, 1.54) is 24.3 Å². The third-order valence-corrected chi connectivity index (χ3v) is 3.10. The molecule has 0 heterocycles. The smallest absolute Gasteiger partial charge is 0.0767 e. The second-order valence-corrected chi connectivity index (χ2v) is 5.39. The molecular weight excluding hydrogens is 400 g/mol. The van der Waals surface area contributed by atoms with Gasteiger partial charge in [-0.2, -0.15) is 0 Å². The maximum Gasteiger partial charge on any atom is 0.0767 e. The fraction of sp³-hybridized carbons (Fsp3) is 0.143. The zero-order chi connectivity index (χ0) is 23.3. The number of hydrogen-bond acceptors (Lipinski definition) is 4. The second-order valence-electron chi connectivity index (χ2n) is 5.39. The SMILES string of the molecule is OC/C1=C\C#CC#C/C=C(/CO)C#CC#C/C(CO)=C\C#CC#C/C=C(/CO)C#CC#C1. The molecule has 0 fully saturated rings. The van der Waals surface area contributed by atoms with E-state index in [-0.39, 0.29) is 26.4 Å². The Hall–Kier alpha value is -4.72. The van der Waals surface area contributed by atoms with Crippen molar-refractivity contribution in [1.29, 1.82) is 0 Å². The van der Waals surface area contributed by atoms with Crippen LogP contribution < -0.4 is 0 Å². The molecule has 4 N–H and O–H groups in total. The quantitative estimate of drug-likeness (QED) is 0.475. The summed E-state index contributed by atoms with van der Waals surface area (Å²) < 4.78 is 0. The van der Waals surface area contributed by atoms with Crippen LogP contribution in [0.4, 0.5) is 0 Å². The first kappa shape index (κ1) is 25.3. The summed E-state index contributed by atoms with van der Waals surface area (Å²) in [5.74, 6) is 41.7. The number of allylic oxidation sites excluding steroid dienone is 4. The Bertz CT molecular complexity index is 1120. The molecule has 0 unspecified atom stereocenters. The first-order chi connectivity index (χ1) is 15.7. The van der Waals surface area contributed by atoms with Gasteiger partial charge < -0.3 is 20.4 Å². The van der Waals surface area contributed by atoms with Gasteiger partial charge in [0, 0.05) is 46.6 Å². The van der Waals surface area contributed by atoms with E-state index in [1.54, 1.807) is 0 Å². The van der Waals surface area contributed by atoms with Crippen LogP contribution in [0.5, 0.6) is 0 Å². The van der Waals surface area contributed by atoms with E-state index in [2.05, 4.69) is 94.7 Å². The minimum Gasteiger partial charge on any atom is -0.391 e. The van der Waals surface area contributed by atoms with Crippen molar-refractivity contribution >= 4 is 0 Å². The number of aliphatic hydroxyl groups excluding tert-OH is 4. The lowest BCUT2D eigenvalue weighted by molar-refractivity contribution is 0.336. The molecule has 0 aliphatic heterocycles. The Morgan fingerprint density at radius 3 is 0.781 bits per heavy atom. The Labute approximate surface area is 188 Å². The van der Waals surface area contributed by atoms with Gasteiger partial charge in [0.25, 0.3) is 0 Å². The molecule has 0 spiro atoms. The van der Waals surface area contributed by atoms with Gasteiger partial charge in [-0.05, 0) is 47.4 Å². The maximum absolute atomic E-state index is 9.31. The van der Waals surface area contributed by atoms with Crippen LogP contribution >= 0.6 is 0 Å². The zero-order valence-electron chi connectivity index (χ0n) is 16.9. The van der Waals surface area contributed by atoms with E-state index in [0.717, 1.165) is 0 Å². The van der Waals surface area contributed by atoms with Crippen molar-refractivity contribution in [2.75, 3.05) is 26.4 Å². The van der Waals surface area contributed by atoms with Crippen LogP contribution in [0.15, 0.2) is 46.6 Å². The summed E-state index contributed by atoms with van der Waals surface area (Å²) in [7, 11) is 0. The van der Waals surface area contributed by atoms with Crippen molar-refractivity contribution in [2.45, 2.75) is 0 Å². The Kier molecular flexibility index (Phi) is 13.6. The van der Waals surface area contributed by atoms with Crippen molar-refractivity contribution in [3.63, 3.8) is 0 Å². The van der Waals surface area contributed by atoms with Crippen molar-refractivity contribution in [3.8, 4) is 94.7 Å². The first-order valence-corrected chi connectivity index (χ1v) is 8.99. The van der Waals surface area contributed by atoms with Crippen LogP contribution in [0.3, 0.4) is 0 Å². The van der Waals surface area contributed by atoms with Gasteiger partial charge in [-0.15, -0.1) is 0 Å². The van der Waals surface area contributed by atoms with Crippen LogP contribution in [0.25, 0.3) is 0 Å². The molecule has 0 saturated heterocycles. The van der Waals surface area contributed by atoms with E-state index in [4.69, 9.17) is 0 Å². The monoisotopic (exact) mass is 416 g/mol. The molecule has 32 heavy (non-hydrogen) atoms. The van der Waals surface area contributed by atoms with E-state index < -0.39 is 0 Å². The molecule has 1 aliphatic rings. The number of hydrogen-bond donors (Lipinski definition) is 4. The van der Waals surface area contributed by atoms with Gasteiger partial charge in [0.2, 0.25) is 0 Å². The van der Waals surface area contributed by atoms with Crippen LogP contribution in [0.2, 0.25) is 0 Å². The molecule has 0 aromatic heterocycles. The highest BCUT2D eigenvalue weighted by molar-refractivity contribution is 5.48. The van der Waals surface area contributed by atoms with Crippen LogP contribution in [0.1, 0.15) is 0 Å². The largest absolute Gasteiger partial charge is 0.391 e. The molecular formula is C28H16O4. The lowest BCUT2D eigenvalue weighted by Crippen LogP contribution is -1.86. The summed E-state index contributed by atoms with van der Waals surface area (Å²) in [6.45, 7) is -1.27. The Morgan fingerprint density at radius 1 is 0.375 bits per heavy atom. The van der Waals surface area contributed by atoms with Crippen molar-refractivity contribution < 1.29 is 20.4 Å². The fourth-order valence-corrected chi connectivity index (χ4v) is 1.57. The normalized spacial score (nSPS) is 18.9. The van der Waals surface area contributed by atoms with Crippen LogP contribution in [-0.4, -0.2) is 46.9 Å². The van der Waals surface area contributed by atoms with Gasteiger partial charge in [-0.1, -0.05) is 47.4 Å². The topological polar surface area (TPSA) is 80.9 Å². The average Bonchev–Trinajstić information content (AvgIpc) is 2.82. The number of aliphatic hydroxyl groups is 4. The summed E-state index contributed by atoms with van der Waals surface area (Å²) in [6.07, 6.45) is 5.64. The van der Waals surface area contributed by atoms with Crippen molar-refractivity contribution in [1.82, 2.24) is 0 Å². The zero-order valence-corrected chi connectivity index (χ0v) is 16.9. The molecule has 4 nitrogen and oxygen atoms in total. The van der Waals surface area contributed by atoms with Gasteiger partial charge in [0.1, 0.15) is 0 Å². The summed E-state index contributed by atoms with van der Waals surface area (Å²) in [5, 5.41) is 37.2. The highest BCUT2D eigenvalue weighted by atomic mass is 16.3. The molecule has 0 aromatic rings. The fourth-order valence-electron chi connectivity index (χ4n) is 1.57. The number of rotatable bonds is 4. The van der Waals surface area contributed by atoms with Crippen molar-refractivity contribution in [3.05, 3.63) is 46.6 Å². The summed E-state index contributed by atoms with van der Waals surface area (Å²) in [6, 6.07) is 0. The minimum atomic E-state index is -0.318. The lowest BCUT2D eigenvalue weighted by atomic mass is 10.2. The van der Waals surface area contributed by atoms with Crippen LogP contribution in [-0.2, 0) is 0 Å². The van der Waals surface area contributed by atoms with Gasteiger partial charge in [-0.3, -0.25) is 0 Å². The standard InChI is InChI=1S/C28H16O4/c29-21-25-13-5-1-2-6-14-26(22-30)18-11-12-20-28(24-32)16-8-4-3-7-15-27(23-31)19-10-9-17-25/h13-16,29-32H,21-24H2/b25-13-,26-14+,27-15+,28-16+. The first-order valence-electron chi connectivity index (χ1n) is 8.99. The third-order valence-electron chi connectivity index (χ3n) is 3.10. The Balaban J connectivity index is 3.39. The van der Waals surface area contributed by atoms with E-state index in [1.807, 2.05) is 0 Å². The molecule has 1 aliphatic carbocycles. The van der Waals surface area contributed by atoms with Crippen LogP contribution in [0, 0.1) is 94.7 Å². The Morgan fingerprint density at radius 2 is 0.594 bits per heavy atom. The van der Waals surface area contributed by atoms with E-state index in [9.17, 15) is 20.4 Å². The summed E-state index contributed by atoms with van der Waals surface area (Å²) in [5.41, 5.74) is 1.39. The molecule has 0 atom stereocenters. The third kappa shape index (κ3) is 12.0. The van der Waals surface area contributed by atoms with Gasteiger partial charge >= 0.3 is 0 Å². The highest BCUT2D eigenvalue weighted by Gasteiger charge is 1.88. The molecule has 0 aromatic carbocycles. The van der Waals surface area contributed by atoms with Crippen molar-refractivity contribution in [2.24, 2.45) is 0 Å². The molecule has 1 rings (SSSR count). The van der Waals surface area contributed by atoms with Gasteiger partial charge in [0.05, 0.1) is 26.4 Å². The molecule has 0 radical (unpaired) electrons.